The third kappa shape index (κ3) is 11.8. The minimum absolute atomic E-state index is 0.230. The highest BCUT2D eigenvalue weighted by atomic mass is 16.2. The molecule has 3 aromatic carbocycles. The zero-order chi connectivity index (χ0) is 38.5. The SMILES string of the molecule is C/C(=N/NC(=N)N)c1cc(C(=O)Nc2cccc(NC(=O)c3cc(/C(C)=N\NC(=N)N)cc(/C(C)=N/NC(=N)N)c3)c2)cc(/C(C)=N\NC(=N)N)c1. The Kier molecular flexibility index (Phi) is 13.2. The molecule has 0 aromatic heterocycles. The molecule has 3 aromatic rings. The molecule has 18 N–H and O–H groups in total. The Bertz CT molecular complexity index is 1800. The normalized spacial score (nSPS) is 11.9. The van der Waals surface area contributed by atoms with Crippen LogP contribution in [0.5, 0.6) is 0 Å². The van der Waals surface area contributed by atoms with Gasteiger partial charge in [0.25, 0.3) is 11.8 Å². The number of guanidine groups is 4. The van der Waals surface area contributed by atoms with Gasteiger partial charge in [0.15, 0.2) is 0 Å². The van der Waals surface area contributed by atoms with Crippen molar-refractivity contribution in [3.63, 3.8) is 0 Å². The highest BCUT2D eigenvalue weighted by molar-refractivity contribution is 6.12. The lowest BCUT2D eigenvalue weighted by atomic mass is 10.00. The number of hydrogen-bond donors (Lipinski definition) is 14. The lowest BCUT2D eigenvalue weighted by Gasteiger charge is -2.13. The van der Waals surface area contributed by atoms with Gasteiger partial charge in [-0.1, -0.05) is 6.07 Å². The molecule has 20 nitrogen and oxygen atoms in total. The third-order valence-electron chi connectivity index (χ3n) is 6.82. The van der Waals surface area contributed by atoms with Gasteiger partial charge in [0, 0.05) is 22.5 Å². The van der Waals surface area contributed by atoms with Crippen LogP contribution < -0.4 is 55.3 Å². The van der Waals surface area contributed by atoms with Crippen molar-refractivity contribution in [2.24, 2.45) is 43.3 Å². The predicted octanol–water partition coefficient (Wildman–Crippen LogP) is 1.02. The summed E-state index contributed by atoms with van der Waals surface area (Å²) < 4.78 is 0. The summed E-state index contributed by atoms with van der Waals surface area (Å²) in [4.78, 5) is 27.1. The van der Waals surface area contributed by atoms with E-state index < -0.39 is 11.8 Å². The van der Waals surface area contributed by atoms with E-state index in [-0.39, 0.29) is 35.0 Å². The molecule has 0 fully saturated rings. The Morgan fingerprint density at radius 1 is 0.462 bits per heavy atom. The fraction of sp³-hybridized carbons (Fsp3) is 0.125. The Morgan fingerprint density at radius 3 is 0.962 bits per heavy atom. The van der Waals surface area contributed by atoms with Crippen molar-refractivity contribution < 1.29 is 9.59 Å². The lowest BCUT2D eigenvalue weighted by Crippen LogP contribution is -2.27. The molecule has 0 aliphatic heterocycles. The molecule has 0 aliphatic carbocycles. The first kappa shape index (κ1) is 38.8. The minimum atomic E-state index is -0.494. The summed E-state index contributed by atoms with van der Waals surface area (Å²) in [6.07, 6.45) is 0. The summed E-state index contributed by atoms with van der Waals surface area (Å²) >= 11 is 0. The van der Waals surface area contributed by atoms with E-state index in [1.807, 2.05) is 0 Å². The maximum Gasteiger partial charge on any atom is 0.255 e. The smallest absolute Gasteiger partial charge is 0.255 e. The number of nitrogens with zero attached hydrogens (tertiary/aromatic N) is 4. The second-order valence-electron chi connectivity index (χ2n) is 11.0. The highest BCUT2D eigenvalue weighted by Crippen LogP contribution is 2.20. The van der Waals surface area contributed by atoms with E-state index in [0.29, 0.717) is 56.5 Å². The quantitative estimate of drug-likeness (QED) is 0.0719. The van der Waals surface area contributed by atoms with E-state index >= 15 is 0 Å². The van der Waals surface area contributed by atoms with Gasteiger partial charge < -0.3 is 33.6 Å². The second kappa shape index (κ2) is 17.7. The van der Waals surface area contributed by atoms with Gasteiger partial charge in [0.05, 0.1) is 22.8 Å². The average molecular weight is 709 g/mol. The molecular weight excluding hydrogens is 668 g/mol. The molecule has 3 rings (SSSR count). The van der Waals surface area contributed by atoms with E-state index in [1.54, 1.807) is 88.4 Å². The third-order valence-corrected chi connectivity index (χ3v) is 6.82. The molecule has 52 heavy (non-hydrogen) atoms. The van der Waals surface area contributed by atoms with E-state index in [2.05, 4.69) is 52.7 Å². The Balaban J connectivity index is 1.94. The largest absolute Gasteiger partial charge is 0.369 e. The number of hydrogen-bond acceptors (Lipinski definition) is 10. The van der Waals surface area contributed by atoms with Crippen molar-refractivity contribution in [2.45, 2.75) is 27.7 Å². The fourth-order valence-corrected chi connectivity index (χ4v) is 4.27. The van der Waals surface area contributed by atoms with Crippen LogP contribution in [0.1, 0.15) is 70.7 Å². The van der Waals surface area contributed by atoms with Crippen molar-refractivity contribution in [1.29, 1.82) is 21.6 Å². The summed E-state index contributed by atoms with van der Waals surface area (Å²) in [7, 11) is 0. The van der Waals surface area contributed by atoms with Crippen molar-refractivity contribution in [1.82, 2.24) is 21.7 Å². The van der Waals surface area contributed by atoms with Crippen LogP contribution in [0.4, 0.5) is 11.4 Å². The van der Waals surface area contributed by atoms with Gasteiger partial charge >= 0.3 is 0 Å². The van der Waals surface area contributed by atoms with Crippen LogP contribution in [0.25, 0.3) is 0 Å². The maximum absolute atomic E-state index is 13.6. The molecule has 0 saturated heterocycles. The molecule has 0 unspecified atom stereocenters. The number of nitrogens with two attached hydrogens (primary N) is 4. The van der Waals surface area contributed by atoms with E-state index in [1.165, 1.54) is 0 Å². The summed E-state index contributed by atoms with van der Waals surface area (Å²) in [6.45, 7) is 6.65. The minimum Gasteiger partial charge on any atom is -0.369 e. The summed E-state index contributed by atoms with van der Waals surface area (Å²) in [5.74, 6) is -2.46. The Morgan fingerprint density at radius 2 is 0.712 bits per heavy atom. The van der Waals surface area contributed by atoms with Gasteiger partial charge in [-0.05, 0) is 105 Å². The Hall–Kier alpha value is -7.64. The van der Waals surface area contributed by atoms with Gasteiger partial charge in [-0.3, -0.25) is 31.2 Å². The van der Waals surface area contributed by atoms with E-state index in [4.69, 9.17) is 44.6 Å². The van der Waals surface area contributed by atoms with Gasteiger partial charge in [0.1, 0.15) is 0 Å². The number of carbonyl (C=O) groups excluding carboxylic acids is 2. The molecule has 20 heteroatoms. The lowest BCUT2D eigenvalue weighted by molar-refractivity contribution is 0.101. The molecular formula is C32H40N18O2. The van der Waals surface area contributed by atoms with Crippen LogP contribution in [-0.4, -0.2) is 58.5 Å². The first-order valence-electron chi connectivity index (χ1n) is 15.1. The molecule has 0 saturated carbocycles. The van der Waals surface area contributed by atoms with E-state index in [0.717, 1.165) is 0 Å². The molecule has 0 spiro atoms. The van der Waals surface area contributed by atoms with Gasteiger partial charge in [0.2, 0.25) is 23.8 Å². The van der Waals surface area contributed by atoms with Crippen molar-refractivity contribution in [2.75, 3.05) is 10.6 Å². The van der Waals surface area contributed by atoms with Crippen molar-refractivity contribution in [3.05, 3.63) is 94.0 Å². The first-order valence-corrected chi connectivity index (χ1v) is 15.1. The van der Waals surface area contributed by atoms with Crippen molar-refractivity contribution >= 4 is 69.9 Å². The van der Waals surface area contributed by atoms with Crippen LogP contribution in [0.2, 0.25) is 0 Å². The molecule has 270 valence electrons. The Labute approximate surface area is 298 Å². The summed E-state index contributed by atoms with van der Waals surface area (Å²) in [5.41, 5.74) is 35.9. The topological polar surface area (TPSA) is 355 Å². The van der Waals surface area contributed by atoms with Gasteiger partial charge in [-0.2, -0.15) is 20.4 Å². The molecule has 0 heterocycles. The molecule has 0 aliphatic rings. The number of anilines is 2. The molecule has 0 bridgehead atoms. The van der Waals surface area contributed by atoms with Crippen LogP contribution in [0.3, 0.4) is 0 Å². The standard InChI is InChI=1S/C32H40N18O2/c1-15(43-47-29(33)34)19-8-20(16(2)44-48-30(35)36)11-23(10-19)27(51)41-25-6-5-7-26(14-25)42-28(52)24-12-21(17(3)45-49-31(37)38)9-22(13-24)18(4)46-50-32(39)40/h5-14H,1-4H3,(H,41,51)(H,42,52)(H4,33,34,47)(H4,35,36,48)(H4,37,38,49)(H4,39,40,50)/b43-15-,44-16-,45-17-,46-18+. The van der Waals surface area contributed by atoms with Crippen LogP contribution in [0.15, 0.2) is 81.1 Å². The number of nitrogens with one attached hydrogen (secondary N) is 10. The number of hydrazone groups is 4. The summed E-state index contributed by atoms with van der Waals surface area (Å²) in [5, 5.41) is 51.5. The fourth-order valence-electron chi connectivity index (χ4n) is 4.27. The van der Waals surface area contributed by atoms with Gasteiger partial charge in [-0.15, -0.1) is 0 Å². The van der Waals surface area contributed by atoms with Crippen LogP contribution >= 0.6 is 0 Å². The van der Waals surface area contributed by atoms with Crippen LogP contribution in [-0.2, 0) is 0 Å². The monoisotopic (exact) mass is 708 g/mol. The van der Waals surface area contributed by atoms with Gasteiger partial charge in [-0.25, -0.2) is 21.7 Å². The van der Waals surface area contributed by atoms with E-state index in [9.17, 15) is 9.59 Å². The zero-order valence-corrected chi connectivity index (χ0v) is 28.7. The summed E-state index contributed by atoms with van der Waals surface area (Å²) in [6, 6.07) is 16.3. The second-order valence-corrected chi connectivity index (χ2v) is 11.0. The first-order chi connectivity index (χ1) is 24.5. The molecule has 0 atom stereocenters. The highest BCUT2D eigenvalue weighted by Gasteiger charge is 2.15. The predicted molar refractivity (Wildman–Crippen MR) is 204 cm³/mol. The molecule has 2 amide bonds. The average Bonchev–Trinajstić information content (AvgIpc) is 3.10. The number of benzene rings is 3. The zero-order valence-electron chi connectivity index (χ0n) is 28.7. The number of carbonyl (C=O) groups is 2. The molecule has 0 radical (unpaired) electrons. The van der Waals surface area contributed by atoms with Crippen LogP contribution in [0, 0.1) is 21.6 Å². The number of amides is 2. The maximum atomic E-state index is 13.6. The number of rotatable bonds is 12. The van der Waals surface area contributed by atoms with Crippen molar-refractivity contribution in [3.8, 4) is 0 Å².